The lowest BCUT2D eigenvalue weighted by Crippen LogP contribution is -2.25. The Hall–Kier alpha value is -3.17. The number of hydrogen-bond acceptors (Lipinski definition) is 3. The molecule has 0 unspecified atom stereocenters. The van der Waals surface area contributed by atoms with Gasteiger partial charge in [0.1, 0.15) is 4.90 Å². The van der Waals surface area contributed by atoms with Crippen molar-refractivity contribution in [2.75, 3.05) is 6.54 Å². The number of sulfonamides is 1. The van der Waals surface area contributed by atoms with Gasteiger partial charge in [-0.05, 0) is 40.8 Å². The molecule has 0 atom stereocenters. The first-order chi connectivity index (χ1) is 15.8. The van der Waals surface area contributed by atoms with Crippen LogP contribution in [0.1, 0.15) is 24.0 Å². The van der Waals surface area contributed by atoms with Gasteiger partial charge in [0.25, 0.3) is 0 Å². The second kappa shape index (κ2) is 9.36. The van der Waals surface area contributed by atoms with E-state index in [2.05, 4.69) is 4.72 Å². The van der Waals surface area contributed by atoms with Crippen LogP contribution in [0.5, 0.6) is 0 Å². The Balaban J connectivity index is 1.52. The maximum absolute atomic E-state index is 14.0. The zero-order valence-electron chi connectivity index (χ0n) is 17.5. The van der Waals surface area contributed by atoms with Gasteiger partial charge in [-0.15, -0.1) is 0 Å². The van der Waals surface area contributed by atoms with E-state index in [9.17, 15) is 26.4 Å². The standard InChI is InChI=1S/C24H21F3N2O3S/c25-20-11-12-21(24(27)23(20)26)33(31,32)28-14-18-4-1-2-5-19(18)17-9-7-16(8-10-17)15-29-13-3-6-22(29)30/h1-2,4-5,7-12,28H,3,6,13-15H2. The van der Waals surface area contributed by atoms with Crippen LogP contribution >= 0.6 is 0 Å². The fourth-order valence-corrected chi connectivity index (χ4v) is 4.88. The van der Waals surface area contributed by atoms with Crippen molar-refractivity contribution >= 4 is 15.9 Å². The van der Waals surface area contributed by atoms with Gasteiger partial charge in [-0.2, -0.15) is 0 Å². The Bertz CT molecular complexity index is 1290. The summed E-state index contributed by atoms with van der Waals surface area (Å²) in [5.74, 6) is -4.92. The second-order valence-electron chi connectivity index (χ2n) is 7.77. The normalized spacial score (nSPS) is 14.2. The van der Waals surface area contributed by atoms with Crippen LogP contribution in [0.4, 0.5) is 13.2 Å². The molecule has 0 radical (unpaired) electrons. The predicted octanol–water partition coefficient (Wildman–Crippen LogP) is 4.37. The molecule has 0 spiro atoms. The van der Waals surface area contributed by atoms with Gasteiger partial charge < -0.3 is 4.90 Å². The first-order valence-corrected chi connectivity index (χ1v) is 11.8. The summed E-state index contributed by atoms with van der Waals surface area (Å²) in [7, 11) is -4.42. The molecule has 3 aromatic rings. The van der Waals surface area contributed by atoms with Crippen LogP contribution in [0.25, 0.3) is 11.1 Å². The number of halogens is 3. The van der Waals surface area contributed by atoms with E-state index in [1.165, 1.54) is 0 Å². The number of benzene rings is 3. The lowest BCUT2D eigenvalue weighted by atomic mass is 9.98. The van der Waals surface area contributed by atoms with E-state index in [1.54, 1.807) is 18.2 Å². The number of amides is 1. The zero-order chi connectivity index (χ0) is 23.6. The topological polar surface area (TPSA) is 66.5 Å². The maximum Gasteiger partial charge on any atom is 0.243 e. The van der Waals surface area contributed by atoms with Crippen LogP contribution in [0.2, 0.25) is 0 Å². The highest BCUT2D eigenvalue weighted by atomic mass is 32.2. The average molecular weight is 475 g/mol. The highest BCUT2D eigenvalue weighted by molar-refractivity contribution is 7.89. The van der Waals surface area contributed by atoms with Crippen molar-refractivity contribution < 1.29 is 26.4 Å². The Morgan fingerprint density at radius 3 is 2.33 bits per heavy atom. The molecule has 3 aromatic carbocycles. The number of nitrogens with zero attached hydrogens (tertiary/aromatic N) is 1. The summed E-state index contributed by atoms with van der Waals surface area (Å²) in [5, 5.41) is 0. The summed E-state index contributed by atoms with van der Waals surface area (Å²) in [6, 6.07) is 15.9. The highest BCUT2D eigenvalue weighted by Gasteiger charge is 2.24. The number of carbonyl (C=O) groups excluding carboxylic acids is 1. The number of nitrogens with one attached hydrogen (secondary N) is 1. The Kier molecular flexibility index (Phi) is 6.53. The molecule has 9 heteroatoms. The fraction of sp³-hybridized carbons (Fsp3) is 0.208. The SMILES string of the molecule is O=C1CCCN1Cc1ccc(-c2ccccc2CNS(=O)(=O)c2ccc(F)c(F)c2F)cc1. The maximum atomic E-state index is 14.0. The number of hydrogen-bond donors (Lipinski definition) is 1. The van der Waals surface area contributed by atoms with E-state index in [0.717, 1.165) is 29.7 Å². The lowest BCUT2D eigenvalue weighted by Gasteiger charge is -2.16. The monoisotopic (exact) mass is 474 g/mol. The Morgan fingerprint density at radius 2 is 1.64 bits per heavy atom. The van der Waals surface area contributed by atoms with Crippen LogP contribution in [0.15, 0.2) is 65.6 Å². The van der Waals surface area contributed by atoms with E-state index < -0.39 is 32.4 Å². The third-order valence-electron chi connectivity index (χ3n) is 5.57. The van der Waals surface area contributed by atoms with Crippen LogP contribution in [0, 0.1) is 17.5 Å². The van der Waals surface area contributed by atoms with Crippen molar-refractivity contribution in [1.82, 2.24) is 9.62 Å². The van der Waals surface area contributed by atoms with Crippen LogP contribution in [-0.2, 0) is 27.9 Å². The minimum Gasteiger partial charge on any atom is -0.338 e. The van der Waals surface area contributed by atoms with Gasteiger partial charge in [-0.25, -0.2) is 26.3 Å². The van der Waals surface area contributed by atoms with Crippen LogP contribution in [0.3, 0.4) is 0 Å². The van der Waals surface area contributed by atoms with Gasteiger partial charge in [0.15, 0.2) is 17.5 Å². The molecule has 4 rings (SSSR count). The molecule has 0 bridgehead atoms. The first kappa shape index (κ1) is 23.0. The van der Waals surface area contributed by atoms with Crippen molar-refractivity contribution in [2.24, 2.45) is 0 Å². The smallest absolute Gasteiger partial charge is 0.243 e. The Morgan fingerprint density at radius 1 is 0.909 bits per heavy atom. The fourth-order valence-electron chi connectivity index (χ4n) is 3.80. The predicted molar refractivity (Wildman–Crippen MR) is 117 cm³/mol. The van der Waals surface area contributed by atoms with Gasteiger partial charge in [-0.3, -0.25) is 4.79 Å². The molecule has 1 N–H and O–H groups in total. The molecule has 0 aromatic heterocycles. The third kappa shape index (κ3) is 4.94. The summed E-state index contributed by atoms with van der Waals surface area (Å²) in [6.45, 7) is 1.11. The van der Waals surface area contributed by atoms with Crippen molar-refractivity contribution in [3.63, 3.8) is 0 Å². The largest absolute Gasteiger partial charge is 0.338 e. The van der Waals surface area contributed by atoms with Gasteiger partial charge >= 0.3 is 0 Å². The molecule has 5 nitrogen and oxygen atoms in total. The molecular weight excluding hydrogens is 453 g/mol. The molecule has 0 aliphatic carbocycles. The molecular formula is C24H21F3N2O3S. The van der Waals surface area contributed by atoms with Crippen LogP contribution in [-0.4, -0.2) is 25.8 Å². The van der Waals surface area contributed by atoms with Gasteiger partial charge in [0, 0.05) is 26.1 Å². The summed E-state index contributed by atoms with van der Waals surface area (Å²) in [4.78, 5) is 12.7. The van der Waals surface area contributed by atoms with Crippen LogP contribution < -0.4 is 4.72 Å². The van der Waals surface area contributed by atoms with Crippen molar-refractivity contribution in [1.29, 1.82) is 0 Å². The van der Waals surface area contributed by atoms with E-state index in [-0.39, 0.29) is 12.5 Å². The van der Waals surface area contributed by atoms with E-state index in [0.29, 0.717) is 30.7 Å². The molecule has 1 heterocycles. The van der Waals surface area contributed by atoms with Crippen molar-refractivity contribution in [3.8, 4) is 11.1 Å². The second-order valence-corrected chi connectivity index (χ2v) is 9.51. The summed E-state index contributed by atoms with van der Waals surface area (Å²) >= 11 is 0. The average Bonchev–Trinajstić information content (AvgIpc) is 3.21. The first-order valence-electron chi connectivity index (χ1n) is 10.3. The molecule has 1 aliphatic rings. The molecule has 1 aliphatic heterocycles. The highest BCUT2D eigenvalue weighted by Crippen LogP contribution is 2.26. The molecule has 1 saturated heterocycles. The molecule has 33 heavy (non-hydrogen) atoms. The molecule has 1 fully saturated rings. The molecule has 1 amide bonds. The van der Waals surface area contributed by atoms with Gasteiger partial charge in [0.2, 0.25) is 15.9 Å². The van der Waals surface area contributed by atoms with Crippen molar-refractivity contribution in [3.05, 3.63) is 89.2 Å². The molecule has 172 valence electrons. The molecule has 0 saturated carbocycles. The summed E-state index contributed by atoms with van der Waals surface area (Å²) in [5.41, 5.74) is 3.20. The minimum absolute atomic E-state index is 0.147. The van der Waals surface area contributed by atoms with Gasteiger partial charge in [-0.1, -0.05) is 48.5 Å². The van der Waals surface area contributed by atoms with Crippen molar-refractivity contribution in [2.45, 2.75) is 30.8 Å². The zero-order valence-corrected chi connectivity index (χ0v) is 18.3. The summed E-state index contributed by atoms with van der Waals surface area (Å²) in [6.07, 6.45) is 1.45. The number of rotatable bonds is 7. The minimum atomic E-state index is -4.42. The quantitative estimate of drug-likeness (QED) is 0.517. The third-order valence-corrected chi connectivity index (χ3v) is 6.99. The van der Waals surface area contributed by atoms with Gasteiger partial charge in [0.05, 0.1) is 0 Å². The van der Waals surface area contributed by atoms with E-state index in [4.69, 9.17) is 0 Å². The van der Waals surface area contributed by atoms with E-state index in [1.807, 2.05) is 35.2 Å². The van der Waals surface area contributed by atoms with E-state index >= 15 is 0 Å². The lowest BCUT2D eigenvalue weighted by molar-refractivity contribution is -0.128. The summed E-state index contributed by atoms with van der Waals surface area (Å²) < 4.78 is 67.9. The Labute approximate surface area is 189 Å². The number of carbonyl (C=O) groups is 1. The number of likely N-dealkylation sites (tertiary alicyclic amines) is 1.